The summed E-state index contributed by atoms with van der Waals surface area (Å²) in [4.78, 5) is 15.8. The number of esters is 1. The zero-order chi connectivity index (χ0) is 20.9. The number of carbonyl (C=O) groups excluding carboxylic acids is 1. The fourth-order valence-electron chi connectivity index (χ4n) is 4.02. The van der Waals surface area contributed by atoms with Gasteiger partial charge in [-0.15, -0.1) is 0 Å². The van der Waals surface area contributed by atoms with E-state index >= 15 is 0 Å². The molecule has 0 aliphatic carbocycles. The highest BCUT2D eigenvalue weighted by Gasteiger charge is 2.22. The summed E-state index contributed by atoms with van der Waals surface area (Å²) in [6.45, 7) is 4.32. The van der Waals surface area contributed by atoms with Crippen molar-refractivity contribution in [3.8, 4) is 0 Å². The molecule has 0 saturated carbocycles. The Balaban J connectivity index is 1.68. The van der Waals surface area contributed by atoms with Crippen molar-refractivity contribution in [2.75, 3.05) is 6.61 Å². The Labute approximate surface area is 177 Å². The number of aromatic nitrogens is 1. The maximum absolute atomic E-state index is 12.3. The molecule has 3 nitrogen and oxygen atoms in total. The summed E-state index contributed by atoms with van der Waals surface area (Å²) in [5.41, 5.74) is 7.12. The Morgan fingerprint density at radius 2 is 1.73 bits per heavy atom. The van der Waals surface area contributed by atoms with Crippen molar-refractivity contribution in [1.82, 2.24) is 4.98 Å². The largest absolute Gasteiger partial charge is 0.466 e. The van der Waals surface area contributed by atoms with Gasteiger partial charge in [-0.3, -0.25) is 4.79 Å². The highest BCUT2D eigenvalue weighted by Crippen LogP contribution is 2.34. The van der Waals surface area contributed by atoms with Crippen LogP contribution in [0, 0.1) is 6.92 Å². The van der Waals surface area contributed by atoms with Gasteiger partial charge < -0.3 is 9.72 Å². The topological polar surface area (TPSA) is 42.1 Å². The third-order valence-corrected chi connectivity index (χ3v) is 5.56. The summed E-state index contributed by atoms with van der Waals surface area (Å²) in [5, 5.41) is 1.15. The lowest BCUT2D eigenvalue weighted by Gasteiger charge is -2.17. The van der Waals surface area contributed by atoms with Crippen molar-refractivity contribution >= 4 is 16.9 Å². The molecule has 1 aromatic heterocycles. The predicted molar refractivity (Wildman–Crippen MR) is 122 cm³/mol. The summed E-state index contributed by atoms with van der Waals surface area (Å²) in [7, 11) is 0. The Hall–Kier alpha value is -3.33. The Kier molecular flexibility index (Phi) is 5.99. The van der Waals surface area contributed by atoms with Gasteiger partial charge in [0.2, 0.25) is 0 Å². The molecule has 0 saturated heterocycles. The first-order chi connectivity index (χ1) is 14.6. The smallest absolute Gasteiger partial charge is 0.306 e. The lowest BCUT2D eigenvalue weighted by Crippen LogP contribution is -2.11. The van der Waals surface area contributed by atoms with Gasteiger partial charge in [0.15, 0.2) is 0 Å². The van der Waals surface area contributed by atoms with Crippen LogP contribution in [0.25, 0.3) is 10.9 Å². The molecule has 3 heteroatoms. The van der Waals surface area contributed by atoms with Gasteiger partial charge >= 0.3 is 5.97 Å². The fraction of sp³-hybridized carbons (Fsp3) is 0.222. The Morgan fingerprint density at radius 3 is 2.47 bits per heavy atom. The average Bonchev–Trinajstić information content (AvgIpc) is 3.17. The van der Waals surface area contributed by atoms with E-state index in [4.69, 9.17) is 4.74 Å². The van der Waals surface area contributed by atoms with Crippen LogP contribution in [0.5, 0.6) is 0 Å². The van der Waals surface area contributed by atoms with Crippen LogP contribution in [-0.4, -0.2) is 17.6 Å². The highest BCUT2D eigenvalue weighted by molar-refractivity contribution is 5.86. The van der Waals surface area contributed by atoms with E-state index in [1.807, 2.05) is 19.2 Å². The van der Waals surface area contributed by atoms with E-state index < -0.39 is 0 Å². The predicted octanol–water partition coefficient (Wildman–Crippen LogP) is 6.15. The van der Waals surface area contributed by atoms with Crippen molar-refractivity contribution in [3.05, 3.63) is 107 Å². The quantitative estimate of drug-likeness (QED) is 0.380. The summed E-state index contributed by atoms with van der Waals surface area (Å²) in [6, 6.07) is 25.5. The number of rotatable bonds is 7. The molecule has 1 atom stereocenters. The van der Waals surface area contributed by atoms with Gasteiger partial charge in [0.25, 0.3) is 0 Å². The number of nitrogens with one attached hydrogen (secondary N) is 1. The maximum Gasteiger partial charge on any atom is 0.306 e. The van der Waals surface area contributed by atoms with E-state index in [1.165, 1.54) is 16.7 Å². The number of aromatic amines is 1. The number of hydrogen-bond acceptors (Lipinski definition) is 2. The van der Waals surface area contributed by atoms with Crippen LogP contribution in [-0.2, 0) is 16.0 Å². The van der Waals surface area contributed by atoms with Crippen LogP contribution in [0.1, 0.15) is 47.1 Å². The van der Waals surface area contributed by atoms with Gasteiger partial charge in [-0.1, -0.05) is 72.3 Å². The first-order valence-electron chi connectivity index (χ1n) is 10.5. The molecule has 1 unspecified atom stereocenters. The third-order valence-electron chi connectivity index (χ3n) is 5.56. The van der Waals surface area contributed by atoms with Crippen molar-refractivity contribution in [2.45, 2.75) is 32.6 Å². The number of fused-ring (bicyclic) bond motifs is 1. The number of benzene rings is 3. The molecule has 0 amide bonds. The molecule has 4 aromatic rings. The van der Waals surface area contributed by atoms with Crippen LogP contribution in [0.4, 0.5) is 0 Å². The fourth-order valence-corrected chi connectivity index (χ4v) is 4.02. The van der Waals surface area contributed by atoms with Gasteiger partial charge in [-0.05, 0) is 48.6 Å². The van der Waals surface area contributed by atoms with Gasteiger partial charge in [0.05, 0.1) is 13.0 Å². The first kappa shape index (κ1) is 20.0. The first-order valence-corrected chi connectivity index (χ1v) is 10.5. The lowest BCUT2D eigenvalue weighted by atomic mass is 9.87. The van der Waals surface area contributed by atoms with Crippen molar-refractivity contribution in [2.24, 2.45) is 0 Å². The molecular formula is C27H27NO2. The Morgan fingerprint density at radius 1 is 0.967 bits per heavy atom. The summed E-state index contributed by atoms with van der Waals surface area (Å²) >= 11 is 0. The molecule has 0 spiro atoms. The van der Waals surface area contributed by atoms with E-state index in [9.17, 15) is 4.79 Å². The van der Waals surface area contributed by atoms with E-state index in [2.05, 4.69) is 78.6 Å². The molecule has 0 bridgehead atoms. The highest BCUT2D eigenvalue weighted by atomic mass is 16.5. The number of ether oxygens (including phenoxy) is 1. The second-order valence-corrected chi connectivity index (χ2v) is 7.76. The molecule has 1 heterocycles. The number of H-pyrrole nitrogens is 1. The SMILES string of the molecule is CCOC(=O)CC(c1ccc(C)cc1)c1c[nH]c2cc(Cc3ccccc3)ccc12. The van der Waals surface area contributed by atoms with Crippen LogP contribution >= 0.6 is 0 Å². The van der Waals surface area contributed by atoms with Crippen LogP contribution in [0.15, 0.2) is 79.0 Å². The van der Waals surface area contributed by atoms with Crippen LogP contribution < -0.4 is 0 Å². The minimum Gasteiger partial charge on any atom is -0.466 e. The number of hydrogen-bond donors (Lipinski definition) is 1. The van der Waals surface area contributed by atoms with E-state index in [1.54, 1.807) is 0 Å². The molecule has 152 valence electrons. The molecule has 30 heavy (non-hydrogen) atoms. The van der Waals surface area contributed by atoms with Crippen molar-refractivity contribution in [3.63, 3.8) is 0 Å². The Bertz CT molecular complexity index is 1130. The summed E-state index contributed by atoms with van der Waals surface area (Å²) in [5.74, 6) is -0.212. The molecule has 0 radical (unpaired) electrons. The number of aryl methyl sites for hydroxylation is 1. The molecular weight excluding hydrogens is 370 g/mol. The van der Waals surface area contributed by atoms with Crippen molar-refractivity contribution in [1.29, 1.82) is 0 Å². The van der Waals surface area contributed by atoms with Crippen molar-refractivity contribution < 1.29 is 9.53 Å². The minimum atomic E-state index is -0.168. The average molecular weight is 398 g/mol. The zero-order valence-electron chi connectivity index (χ0n) is 17.5. The standard InChI is InChI=1S/C27H27NO2/c1-3-30-27(29)17-24(22-12-9-19(2)10-13-22)25-18-28-26-16-21(11-14-23(25)26)15-20-7-5-4-6-8-20/h4-14,16,18,24,28H,3,15,17H2,1-2H3. The van der Waals surface area contributed by atoms with Gasteiger partial charge in [0.1, 0.15) is 0 Å². The molecule has 1 N–H and O–H groups in total. The second-order valence-electron chi connectivity index (χ2n) is 7.76. The summed E-state index contributed by atoms with van der Waals surface area (Å²) < 4.78 is 5.26. The molecule has 0 aliphatic rings. The second kappa shape index (κ2) is 9.00. The zero-order valence-corrected chi connectivity index (χ0v) is 17.5. The summed E-state index contributed by atoms with van der Waals surface area (Å²) in [6.07, 6.45) is 3.27. The van der Waals surface area contributed by atoms with Crippen LogP contribution in [0.3, 0.4) is 0 Å². The van der Waals surface area contributed by atoms with E-state index in [-0.39, 0.29) is 11.9 Å². The molecule has 3 aromatic carbocycles. The van der Waals surface area contributed by atoms with Gasteiger partial charge in [-0.2, -0.15) is 0 Å². The third kappa shape index (κ3) is 4.46. The minimum absolute atomic E-state index is 0.0432. The van der Waals surface area contributed by atoms with Crippen LogP contribution in [0.2, 0.25) is 0 Å². The lowest BCUT2D eigenvalue weighted by molar-refractivity contribution is -0.143. The number of carbonyl (C=O) groups is 1. The molecule has 0 aliphatic heterocycles. The van der Waals surface area contributed by atoms with Gasteiger partial charge in [-0.25, -0.2) is 0 Å². The molecule has 4 rings (SSSR count). The molecule has 0 fully saturated rings. The normalized spacial score (nSPS) is 12.1. The monoisotopic (exact) mass is 397 g/mol. The van der Waals surface area contributed by atoms with E-state index in [0.29, 0.717) is 13.0 Å². The maximum atomic E-state index is 12.3. The van der Waals surface area contributed by atoms with E-state index in [0.717, 1.165) is 28.5 Å². The van der Waals surface area contributed by atoms with Gasteiger partial charge in [0, 0.05) is 23.0 Å².